The molecule has 0 spiro atoms. The van der Waals surface area contributed by atoms with E-state index in [0.29, 0.717) is 24.0 Å². The van der Waals surface area contributed by atoms with Gasteiger partial charge in [0.15, 0.2) is 0 Å². The number of nitrogens with one attached hydrogen (secondary N) is 1. The number of aryl methyl sites for hydroxylation is 1. The summed E-state index contributed by atoms with van der Waals surface area (Å²) in [4.78, 5) is 31.0. The zero-order chi connectivity index (χ0) is 26.1. The van der Waals surface area contributed by atoms with E-state index in [1.165, 1.54) is 4.57 Å². The van der Waals surface area contributed by atoms with Gasteiger partial charge in [0.25, 0.3) is 5.56 Å². The van der Waals surface area contributed by atoms with Crippen molar-refractivity contribution in [2.75, 3.05) is 5.32 Å². The van der Waals surface area contributed by atoms with Crippen molar-refractivity contribution in [2.45, 2.75) is 33.9 Å². The van der Waals surface area contributed by atoms with Crippen molar-refractivity contribution in [3.8, 4) is 11.3 Å². The molecule has 0 unspecified atom stereocenters. The minimum atomic E-state index is -0.310. The van der Waals surface area contributed by atoms with Crippen molar-refractivity contribution < 1.29 is 0 Å². The van der Waals surface area contributed by atoms with Gasteiger partial charge in [-0.25, -0.2) is 4.79 Å². The maximum absolute atomic E-state index is 13.2. The molecule has 3 aromatic heterocycles. The summed E-state index contributed by atoms with van der Waals surface area (Å²) in [6, 6.07) is 24.1. The second-order valence-corrected chi connectivity index (χ2v) is 9.87. The molecule has 0 amide bonds. The predicted molar refractivity (Wildman–Crippen MR) is 150 cm³/mol. The Hall–Kier alpha value is -4.39. The van der Waals surface area contributed by atoms with E-state index in [4.69, 9.17) is 0 Å². The normalized spacial score (nSPS) is 11.4. The van der Waals surface area contributed by atoms with Gasteiger partial charge in [-0.3, -0.25) is 18.9 Å². The Morgan fingerprint density at radius 1 is 0.919 bits per heavy atom. The molecule has 188 valence electrons. The maximum Gasteiger partial charge on any atom is 0.331 e. The van der Waals surface area contributed by atoms with Crippen LogP contribution in [-0.2, 0) is 20.1 Å². The smallest absolute Gasteiger partial charge is 0.331 e. The van der Waals surface area contributed by atoms with Crippen LogP contribution in [0.3, 0.4) is 0 Å². The molecule has 5 rings (SSSR count). The highest BCUT2D eigenvalue weighted by molar-refractivity contribution is 5.91. The quantitative estimate of drug-likeness (QED) is 0.333. The molecule has 0 aliphatic rings. The number of nitrogens with zero attached hydrogens (tertiary/aromatic N) is 4. The molecule has 0 saturated carbocycles. The molecular formula is C30H31N5O2. The van der Waals surface area contributed by atoms with Crippen molar-refractivity contribution >= 4 is 22.4 Å². The van der Waals surface area contributed by atoms with Crippen LogP contribution in [0.4, 0.5) is 11.5 Å². The van der Waals surface area contributed by atoms with Crippen LogP contribution < -0.4 is 16.6 Å². The van der Waals surface area contributed by atoms with Crippen molar-refractivity contribution in [3.63, 3.8) is 0 Å². The summed E-state index contributed by atoms with van der Waals surface area (Å²) >= 11 is 0. The number of fused-ring (bicyclic) bond motifs is 1. The van der Waals surface area contributed by atoms with Gasteiger partial charge in [0.05, 0.1) is 11.1 Å². The first-order valence-corrected chi connectivity index (χ1v) is 12.5. The third kappa shape index (κ3) is 4.85. The first-order valence-electron chi connectivity index (χ1n) is 12.5. The lowest BCUT2D eigenvalue weighted by Crippen LogP contribution is -2.38. The lowest BCUT2D eigenvalue weighted by Gasteiger charge is -2.16. The first-order chi connectivity index (χ1) is 17.8. The number of aromatic nitrogens is 4. The molecule has 0 aliphatic carbocycles. The Morgan fingerprint density at radius 2 is 1.65 bits per heavy atom. The highest BCUT2D eigenvalue weighted by Gasteiger charge is 2.20. The van der Waals surface area contributed by atoms with Gasteiger partial charge in [0, 0.05) is 43.3 Å². The van der Waals surface area contributed by atoms with Gasteiger partial charge in [0.2, 0.25) is 0 Å². The molecule has 0 atom stereocenters. The number of benzene rings is 2. The zero-order valence-electron chi connectivity index (χ0n) is 21.6. The minimum absolute atomic E-state index is 0.231. The Balaban J connectivity index is 1.63. The summed E-state index contributed by atoms with van der Waals surface area (Å²) < 4.78 is 4.94. The fourth-order valence-electron chi connectivity index (χ4n) is 4.65. The van der Waals surface area contributed by atoms with Gasteiger partial charge in [-0.2, -0.15) is 0 Å². The predicted octanol–water partition coefficient (Wildman–Crippen LogP) is 5.32. The molecular weight excluding hydrogens is 462 g/mol. The van der Waals surface area contributed by atoms with E-state index in [1.807, 2.05) is 66.2 Å². The van der Waals surface area contributed by atoms with E-state index in [1.54, 1.807) is 11.6 Å². The van der Waals surface area contributed by atoms with E-state index in [-0.39, 0.29) is 17.2 Å². The molecule has 2 aromatic carbocycles. The SMILES string of the molecule is Cc1cccc(-c2ccc(Cn3cc4c(=O)n(C)c(=O)n(CC(C)C)c4c3Nc3ccccc3)cc2)n1. The average Bonchev–Trinajstić information content (AvgIpc) is 3.23. The van der Waals surface area contributed by atoms with Crippen LogP contribution >= 0.6 is 0 Å². The van der Waals surface area contributed by atoms with E-state index in [9.17, 15) is 9.59 Å². The largest absolute Gasteiger partial charge is 0.340 e. The van der Waals surface area contributed by atoms with Crippen molar-refractivity contribution in [1.29, 1.82) is 0 Å². The topological polar surface area (TPSA) is 73.8 Å². The second kappa shape index (κ2) is 9.93. The summed E-state index contributed by atoms with van der Waals surface area (Å²) in [6.07, 6.45) is 1.86. The number of para-hydroxylation sites is 1. The summed E-state index contributed by atoms with van der Waals surface area (Å²) in [5, 5.41) is 4.01. The van der Waals surface area contributed by atoms with Gasteiger partial charge in [0.1, 0.15) is 11.3 Å². The first kappa shape index (κ1) is 24.3. The van der Waals surface area contributed by atoms with Gasteiger partial charge < -0.3 is 9.88 Å². The highest BCUT2D eigenvalue weighted by Crippen LogP contribution is 2.28. The summed E-state index contributed by atoms with van der Waals surface area (Å²) in [5.41, 5.74) is 4.94. The molecule has 1 N–H and O–H groups in total. The van der Waals surface area contributed by atoms with E-state index < -0.39 is 0 Å². The van der Waals surface area contributed by atoms with Crippen molar-refractivity contribution in [1.82, 2.24) is 18.7 Å². The lowest BCUT2D eigenvalue weighted by atomic mass is 10.1. The molecule has 0 radical (unpaired) electrons. The summed E-state index contributed by atoms with van der Waals surface area (Å²) in [5.74, 6) is 0.954. The third-order valence-electron chi connectivity index (χ3n) is 6.45. The standard InChI is InChI=1S/C30H31N5O2/c1-20(2)17-35-27-25(29(36)33(4)30(35)37)19-34(28(27)32-24-10-6-5-7-11-24)18-22-13-15-23(16-14-22)26-12-8-9-21(3)31-26/h5-16,19-20,32H,17-18H2,1-4H3. The molecule has 37 heavy (non-hydrogen) atoms. The Morgan fingerprint density at radius 3 is 2.32 bits per heavy atom. The van der Waals surface area contributed by atoms with Gasteiger partial charge in [-0.15, -0.1) is 0 Å². The van der Waals surface area contributed by atoms with E-state index in [0.717, 1.165) is 34.0 Å². The molecule has 5 aromatic rings. The van der Waals surface area contributed by atoms with Crippen LogP contribution in [0, 0.1) is 12.8 Å². The molecule has 0 saturated heterocycles. The van der Waals surface area contributed by atoms with Crippen LogP contribution in [-0.4, -0.2) is 18.7 Å². The average molecular weight is 494 g/mol. The molecule has 0 aliphatic heterocycles. The van der Waals surface area contributed by atoms with Crippen LogP contribution in [0.15, 0.2) is 88.6 Å². The Labute approximate surface area is 215 Å². The second-order valence-electron chi connectivity index (χ2n) is 9.87. The molecule has 7 heteroatoms. The fourth-order valence-corrected chi connectivity index (χ4v) is 4.65. The summed E-state index contributed by atoms with van der Waals surface area (Å²) in [7, 11) is 1.54. The van der Waals surface area contributed by atoms with Crippen LogP contribution in [0.25, 0.3) is 22.2 Å². The summed E-state index contributed by atoms with van der Waals surface area (Å²) in [6.45, 7) is 7.16. The van der Waals surface area contributed by atoms with Gasteiger partial charge in [-0.05, 0) is 42.7 Å². The molecule has 7 nitrogen and oxygen atoms in total. The highest BCUT2D eigenvalue weighted by atomic mass is 16.2. The van der Waals surface area contributed by atoms with Crippen LogP contribution in [0.1, 0.15) is 25.1 Å². The molecule has 0 fully saturated rings. The van der Waals surface area contributed by atoms with E-state index in [2.05, 4.69) is 48.4 Å². The van der Waals surface area contributed by atoms with E-state index >= 15 is 0 Å². The number of pyridine rings is 1. The Kier molecular flexibility index (Phi) is 6.53. The maximum atomic E-state index is 13.2. The fraction of sp³-hybridized carbons (Fsp3) is 0.233. The Bertz CT molecular complexity index is 1680. The van der Waals surface area contributed by atoms with Crippen LogP contribution in [0.2, 0.25) is 0 Å². The van der Waals surface area contributed by atoms with Crippen LogP contribution in [0.5, 0.6) is 0 Å². The molecule has 3 heterocycles. The monoisotopic (exact) mass is 493 g/mol. The zero-order valence-corrected chi connectivity index (χ0v) is 21.6. The van der Waals surface area contributed by atoms with Crippen molar-refractivity contribution in [2.24, 2.45) is 13.0 Å². The third-order valence-corrected chi connectivity index (χ3v) is 6.45. The number of rotatable bonds is 7. The minimum Gasteiger partial charge on any atom is -0.340 e. The number of anilines is 2. The lowest BCUT2D eigenvalue weighted by molar-refractivity contribution is 0.503. The molecule has 0 bridgehead atoms. The number of hydrogen-bond acceptors (Lipinski definition) is 4. The van der Waals surface area contributed by atoms with Crippen molar-refractivity contribution in [3.05, 3.63) is 111 Å². The van der Waals surface area contributed by atoms with Gasteiger partial charge in [-0.1, -0.05) is 62.4 Å². The van der Waals surface area contributed by atoms with Gasteiger partial charge >= 0.3 is 5.69 Å². The number of hydrogen-bond donors (Lipinski definition) is 1.